The third kappa shape index (κ3) is 7.72. The fourth-order valence-corrected chi connectivity index (χ4v) is 5.23. The predicted molar refractivity (Wildman–Crippen MR) is 147 cm³/mol. The molecular formula is C23H16Cl2I2N2O5. The van der Waals surface area contributed by atoms with Crippen LogP contribution in [0, 0.1) is 7.14 Å². The van der Waals surface area contributed by atoms with Gasteiger partial charge >= 0.3 is 5.97 Å². The van der Waals surface area contributed by atoms with Gasteiger partial charge in [0.25, 0.3) is 5.91 Å². The Morgan fingerprint density at radius 1 is 1.00 bits per heavy atom. The van der Waals surface area contributed by atoms with Gasteiger partial charge in [-0.1, -0.05) is 35.3 Å². The number of carboxylic acid groups (broad SMARTS) is 1. The lowest BCUT2D eigenvalue weighted by Gasteiger charge is -2.11. The molecule has 0 bridgehead atoms. The third-order valence-corrected chi connectivity index (χ3v) is 6.39. The molecule has 3 aromatic rings. The van der Waals surface area contributed by atoms with E-state index in [0.29, 0.717) is 28.2 Å². The molecule has 0 fully saturated rings. The number of carboxylic acids is 1. The van der Waals surface area contributed by atoms with Crippen LogP contribution in [0.2, 0.25) is 10.0 Å². The summed E-state index contributed by atoms with van der Waals surface area (Å²) in [5.41, 5.74) is 4.26. The Kier molecular flexibility index (Phi) is 9.80. The minimum atomic E-state index is -0.969. The minimum absolute atomic E-state index is 0.226. The van der Waals surface area contributed by atoms with Gasteiger partial charge in [0.05, 0.1) is 23.9 Å². The first-order valence-electron chi connectivity index (χ1n) is 9.57. The van der Waals surface area contributed by atoms with Crippen LogP contribution >= 0.6 is 68.4 Å². The van der Waals surface area contributed by atoms with Crippen molar-refractivity contribution >= 4 is 86.5 Å². The zero-order valence-corrected chi connectivity index (χ0v) is 23.1. The quantitative estimate of drug-likeness (QED) is 0.160. The normalized spacial score (nSPS) is 10.8. The summed E-state index contributed by atoms with van der Waals surface area (Å²) >= 11 is 16.2. The lowest BCUT2D eigenvalue weighted by molar-refractivity contribution is -0.123. The van der Waals surface area contributed by atoms with E-state index in [1.54, 1.807) is 36.4 Å². The van der Waals surface area contributed by atoms with E-state index in [1.807, 2.05) is 12.1 Å². The SMILES string of the molecule is O=C(COc1ccc(Cl)cc1Cl)N/N=C/c1cc(I)c(OCc2ccc(C(=O)O)cc2)c(I)c1. The van der Waals surface area contributed by atoms with Gasteiger partial charge in [-0.25, -0.2) is 10.2 Å². The van der Waals surface area contributed by atoms with Crippen LogP contribution in [0.25, 0.3) is 0 Å². The third-order valence-electron chi connectivity index (χ3n) is 4.26. The molecule has 176 valence electrons. The maximum absolute atomic E-state index is 12.0. The van der Waals surface area contributed by atoms with E-state index in [0.717, 1.165) is 18.3 Å². The van der Waals surface area contributed by atoms with Gasteiger partial charge in [-0.3, -0.25) is 4.79 Å². The highest BCUT2D eigenvalue weighted by molar-refractivity contribution is 14.1. The Labute approximate surface area is 232 Å². The Morgan fingerprint density at radius 3 is 2.29 bits per heavy atom. The lowest BCUT2D eigenvalue weighted by atomic mass is 10.1. The van der Waals surface area contributed by atoms with E-state index in [1.165, 1.54) is 12.3 Å². The van der Waals surface area contributed by atoms with E-state index in [2.05, 4.69) is 55.7 Å². The molecular weight excluding hydrogens is 709 g/mol. The van der Waals surface area contributed by atoms with Crippen LogP contribution in [0.5, 0.6) is 11.5 Å². The first-order valence-corrected chi connectivity index (χ1v) is 12.5. The Balaban J connectivity index is 1.54. The van der Waals surface area contributed by atoms with Crippen LogP contribution < -0.4 is 14.9 Å². The van der Waals surface area contributed by atoms with Crippen LogP contribution in [-0.2, 0) is 11.4 Å². The number of hydrogen-bond acceptors (Lipinski definition) is 5. The number of rotatable bonds is 9. The number of benzene rings is 3. The molecule has 34 heavy (non-hydrogen) atoms. The smallest absolute Gasteiger partial charge is 0.335 e. The van der Waals surface area contributed by atoms with Crippen molar-refractivity contribution in [1.29, 1.82) is 0 Å². The maximum atomic E-state index is 12.0. The van der Waals surface area contributed by atoms with Gasteiger partial charge < -0.3 is 14.6 Å². The average Bonchev–Trinajstić information content (AvgIpc) is 2.78. The number of aromatic carboxylic acids is 1. The highest BCUT2D eigenvalue weighted by atomic mass is 127. The predicted octanol–water partition coefficient (Wildman–Crippen LogP) is 6.01. The molecule has 0 spiro atoms. The number of hydrogen-bond donors (Lipinski definition) is 2. The second kappa shape index (κ2) is 12.6. The highest BCUT2D eigenvalue weighted by Crippen LogP contribution is 2.29. The van der Waals surface area contributed by atoms with Gasteiger partial charge in [-0.05, 0) is 98.8 Å². The van der Waals surface area contributed by atoms with Crippen molar-refractivity contribution in [1.82, 2.24) is 5.43 Å². The van der Waals surface area contributed by atoms with Crippen LogP contribution in [-0.4, -0.2) is 29.8 Å². The molecule has 0 unspecified atom stereocenters. The fraction of sp³-hybridized carbons (Fsp3) is 0.0870. The van der Waals surface area contributed by atoms with Crippen molar-refractivity contribution in [3.8, 4) is 11.5 Å². The molecule has 2 N–H and O–H groups in total. The molecule has 0 aromatic heterocycles. The number of carbonyl (C=O) groups is 2. The van der Waals surface area contributed by atoms with E-state index < -0.39 is 11.9 Å². The molecule has 0 aliphatic carbocycles. The monoisotopic (exact) mass is 724 g/mol. The molecule has 0 saturated heterocycles. The van der Waals surface area contributed by atoms with Crippen LogP contribution in [0.1, 0.15) is 21.5 Å². The molecule has 11 heteroatoms. The first kappa shape index (κ1) is 26.5. The van der Waals surface area contributed by atoms with Gasteiger partial charge in [0.1, 0.15) is 18.1 Å². The summed E-state index contributed by atoms with van der Waals surface area (Å²) in [5.74, 6) is -0.357. The summed E-state index contributed by atoms with van der Waals surface area (Å²) in [6.45, 7) is 0.0427. The topological polar surface area (TPSA) is 97.2 Å². The summed E-state index contributed by atoms with van der Waals surface area (Å²) in [5, 5.41) is 13.7. The summed E-state index contributed by atoms with van der Waals surface area (Å²) in [6, 6.07) is 15.0. The minimum Gasteiger partial charge on any atom is -0.487 e. The number of nitrogens with one attached hydrogen (secondary N) is 1. The molecule has 0 aliphatic rings. The largest absolute Gasteiger partial charge is 0.487 e. The summed E-state index contributed by atoms with van der Waals surface area (Å²) in [7, 11) is 0. The number of halogens is 4. The number of carbonyl (C=O) groups excluding carboxylic acids is 1. The van der Waals surface area contributed by atoms with Crippen LogP contribution in [0.15, 0.2) is 59.7 Å². The molecule has 0 aliphatic heterocycles. The second-order valence-corrected chi connectivity index (χ2v) is 9.93. The molecule has 0 atom stereocenters. The highest BCUT2D eigenvalue weighted by Gasteiger charge is 2.10. The number of ether oxygens (including phenoxy) is 2. The van der Waals surface area contributed by atoms with Crippen LogP contribution in [0.3, 0.4) is 0 Å². The number of amides is 1. The molecule has 7 nitrogen and oxygen atoms in total. The molecule has 1 amide bonds. The van der Waals surface area contributed by atoms with E-state index in [9.17, 15) is 9.59 Å². The van der Waals surface area contributed by atoms with Crippen molar-refractivity contribution < 1.29 is 24.2 Å². The summed E-state index contributed by atoms with van der Waals surface area (Å²) in [4.78, 5) is 22.9. The standard InChI is InChI=1S/C23H16Cl2I2N2O5/c24-16-5-6-20(17(25)9-16)33-12-21(30)29-28-10-14-7-18(26)22(19(27)8-14)34-11-13-1-3-15(4-2-13)23(31)32/h1-10H,11-12H2,(H,29,30)(H,31,32)/b28-10+. The Hall–Kier alpha value is -2.09. The summed E-state index contributed by atoms with van der Waals surface area (Å²) in [6.07, 6.45) is 1.52. The zero-order valence-electron chi connectivity index (χ0n) is 17.2. The van der Waals surface area contributed by atoms with E-state index >= 15 is 0 Å². The van der Waals surface area contributed by atoms with Crippen molar-refractivity contribution in [2.45, 2.75) is 6.61 Å². The summed E-state index contributed by atoms with van der Waals surface area (Å²) < 4.78 is 13.0. The zero-order chi connectivity index (χ0) is 24.7. The Bertz CT molecular complexity index is 1210. The van der Waals surface area contributed by atoms with Crippen molar-refractivity contribution in [2.75, 3.05) is 6.61 Å². The van der Waals surface area contributed by atoms with E-state index in [4.69, 9.17) is 37.8 Å². The van der Waals surface area contributed by atoms with Gasteiger partial charge in [-0.15, -0.1) is 0 Å². The fourth-order valence-electron chi connectivity index (χ4n) is 2.64. The maximum Gasteiger partial charge on any atom is 0.335 e. The molecule has 0 radical (unpaired) electrons. The van der Waals surface area contributed by atoms with Gasteiger partial charge in [-0.2, -0.15) is 5.10 Å². The van der Waals surface area contributed by atoms with Crippen molar-refractivity contribution in [3.63, 3.8) is 0 Å². The number of hydrazone groups is 1. The molecule has 3 rings (SSSR count). The van der Waals surface area contributed by atoms with Crippen LogP contribution in [0.4, 0.5) is 0 Å². The van der Waals surface area contributed by atoms with E-state index in [-0.39, 0.29) is 12.2 Å². The second-order valence-electron chi connectivity index (χ2n) is 6.76. The van der Waals surface area contributed by atoms with Crippen molar-refractivity contribution in [2.24, 2.45) is 5.10 Å². The number of nitrogens with zero attached hydrogens (tertiary/aromatic N) is 1. The molecule has 3 aromatic carbocycles. The van der Waals surface area contributed by atoms with Gasteiger partial charge in [0.2, 0.25) is 0 Å². The average molecular weight is 725 g/mol. The Morgan fingerprint density at radius 2 is 1.68 bits per heavy atom. The molecule has 0 saturated carbocycles. The lowest BCUT2D eigenvalue weighted by Crippen LogP contribution is -2.24. The van der Waals surface area contributed by atoms with Gasteiger partial charge in [0, 0.05) is 5.02 Å². The molecule has 0 heterocycles. The van der Waals surface area contributed by atoms with Crippen molar-refractivity contribution in [3.05, 3.63) is 88.5 Å². The van der Waals surface area contributed by atoms with Gasteiger partial charge in [0.15, 0.2) is 6.61 Å². The first-order chi connectivity index (χ1) is 16.2.